The van der Waals surface area contributed by atoms with Crippen LogP contribution in [-0.2, 0) is 4.79 Å². The number of nitrogens with one attached hydrogen (secondary N) is 1. The highest BCUT2D eigenvalue weighted by atomic mass is 16.2. The minimum Gasteiger partial charge on any atom is -0.306 e. The summed E-state index contributed by atoms with van der Waals surface area (Å²) in [4.78, 5) is 20.5. The Morgan fingerprint density at radius 3 is 2.37 bits per heavy atom. The Balaban J connectivity index is 2.52. The number of hydrogen-bond donors (Lipinski definition) is 1. The third-order valence-electron chi connectivity index (χ3n) is 3.16. The van der Waals surface area contributed by atoms with Crippen LogP contribution in [-0.4, -0.2) is 17.3 Å². The third kappa shape index (κ3) is 2.62. The van der Waals surface area contributed by atoms with E-state index in [1.54, 1.807) is 6.92 Å². The SMILES string of the molecule is C=C1N=C(C)C(=Nc2cc(C)c(C)cc2C)C(=O)N1. The average Bonchev–Trinajstić information content (AvgIpc) is 2.29. The number of aryl methyl sites for hydroxylation is 3. The standard InChI is InChI=1S/C15H17N3O/c1-8-6-10(3)13(7-9(8)2)18-14-11(4)16-12(5)17-15(14)19/h6-7H,5H2,1-4H3,(H,17,19). The summed E-state index contributed by atoms with van der Waals surface area (Å²) < 4.78 is 0. The first-order valence-electron chi connectivity index (χ1n) is 6.11. The number of nitrogens with zero attached hydrogens (tertiary/aromatic N) is 2. The van der Waals surface area contributed by atoms with Gasteiger partial charge in [-0.3, -0.25) is 4.79 Å². The van der Waals surface area contributed by atoms with Crippen LogP contribution in [0.25, 0.3) is 0 Å². The van der Waals surface area contributed by atoms with Gasteiger partial charge in [-0.15, -0.1) is 0 Å². The lowest BCUT2D eigenvalue weighted by Gasteiger charge is -2.14. The first kappa shape index (κ1) is 13.2. The second kappa shape index (κ2) is 4.80. The summed E-state index contributed by atoms with van der Waals surface area (Å²) in [6.45, 7) is 11.5. The molecule has 1 amide bonds. The smallest absolute Gasteiger partial charge is 0.277 e. The first-order chi connectivity index (χ1) is 8.88. The minimum absolute atomic E-state index is 0.255. The van der Waals surface area contributed by atoms with Gasteiger partial charge in [0.2, 0.25) is 0 Å². The Hall–Kier alpha value is -2.23. The number of hydrogen-bond acceptors (Lipinski definition) is 3. The summed E-state index contributed by atoms with van der Waals surface area (Å²) in [5.41, 5.74) is 5.15. The molecule has 4 heteroatoms. The van der Waals surface area contributed by atoms with Crippen LogP contribution in [0, 0.1) is 20.8 Å². The van der Waals surface area contributed by atoms with Crippen molar-refractivity contribution >= 4 is 23.0 Å². The van der Waals surface area contributed by atoms with Crippen LogP contribution in [0.15, 0.2) is 34.5 Å². The van der Waals surface area contributed by atoms with Crippen LogP contribution < -0.4 is 5.32 Å². The fourth-order valence-corrected chi connectivity index (χ4v) is 1.96. The molecule has 2 rings (SSSR count). The van der Waals surface area contributed by atoms with Gasteiger partial charge in [-0.25, -0.2) is 9.98 Å². The van der Waals surface area contributed by atoms with Crippen molar-refractivity contribution in [1.82, 2.24) is 5.32 Å². The van der Waals surface area contributed by atoms with E-state index in [1.165, 1.54) is 5.56 Å². The van der Waals surface area contributed by atoms with E-state index in [4.69, 9.17) is 0 Å². The Bertz CT molecular complexity index is 639. The van der Waals surface area contributed by atoms with E-state index in [1.807, 2.05) is 19.9 Å². The molecule has 0 unspecified atom stereocenters. The molecule has 0 aromatic heterocycles. The van der Waals surface area contributed by atoms with E-state index in [0.717, 1.165) is 16.8 Å². The molecule has 19 heavy (non-hydrogen) atoms. The van der Waals surface area contributed by atoms with Crippen LogP contribution in [0.5, 0.6) is 0 Å². The molecule has 0 radical (unpaired) electrons. The van der Waals surface area contributed by atoms with E-state index in [9.17, 15) is 4.79 Å². The molecule has 1 aliphatic rings. The highest BCUT2D eigenvalue weighted by Gasteiger charge is 2.20. The Labute approximate surface area is 113 Å². The van der Waals surface area contributed by atoms with Crippen LogP contribution >= 0.6 is 0 Å². The largest absolute Gasteiger partial charge is 0.306 e. The van der Waals surface area contributed by atoms with Crippen molar-refractivity contribution in [1.29, 1.82) is 0 Å². The number of benzene rings is 1. The summed E-state index contributed by atoms with van der Waals surface area (Å²) in [5, 5.41) is 2.57. The van der Waals surface area contributed by atoms with Crippen molar-refractivity contribution in [3.63, 3.8) is 0 Å². The molecular formula is C15H17N3O. The number of amides is 1. The molecule has 1 aliphatic heterocycles. The zero-order valence-electron chi connectivity index (χ0n) is 11.7. The molecule has 0 spiro atoms. The first-order valence-corrected chi connectivity index (χ1v) is 6.11. The number of rotatable bonds is 1. The van der Waals surface area contributed by atoms with E-state index in [-0.39, 0.29) is 5.91 Å². The maximum Gasteiger partial charge on any atom is 0.277 e. The van der Waals surface area contributed by atoms with E-state index in [0.29, 0.717) is 17.2 Å². The molecule has 1 aromatic carbocycles. The molecule has 0 bridgehead atoms. The molecule has 1 heterocycles. The molecule has 4 nitrogen and oxygen atoms in total. The van der Waals surface area contributed by atoms with Gasteiger partial charge in [0.25, 0.3) is 5.91 Å². The van der Waals surface area contributed by atoms with Crippen molar-refractivity contribution in [2.45, 2.75) is 27.7 Å². The number of carbonyl (C=O) groups excluding carboxylic acids is 1. The Morgan fingerprint density at radius 2 is 1.74 bits per heavy atom. The second-order valence-corrected chi connectivity index (χ2v) is 4.78. The maximum absolute atomic E-state index is 11.9. The monoisotopic (exact) mass is 255 g/mol. The molecule has 0 saturated heterocycles. The van der Waals surface area contributed by atoms with Gasteiger partial charge in [0.05, 0.1) is 11.4 Å². The molecule has 1 N–H and O–H groups in total. The second-order valence-electron chi connectivity index (χ2n) is 4.78. The van der Waals surface area contributed by atoms with E-state index >= 15 is 0 Å². The summed E-state index contributed by atoms with van der Waals surface area (Å²) in [6, 6.07) is 4.06. The summed E-state index contributed by atoms with van der Waals surface area (Å²) in [6.07, 6.45) is 0. The lowest BCUT2D eigenvalue weighted by molar-refractivity contribution is -0.114. The van der Waals surface area contributed by atoms with Gasteiger partial charge in [0, 0.05) is 0 Å². The van der Waals surface area contributed by atoms with Crippen LogP contribution in [0.2, 0.25) is 0 Å². The lowest BCUT2D eigenvalue weighted by atomic mass is 10.0. The summed E-state index contributed by atoms with van der Waals surface area (Å²) in [5.74, 6) is 0.105. The topological polar surface area (TPSA) is 53.8 Å². The van der Waals surface area contributed by atoms with Gasteiger partial charge in [-0.05, 0) is 50.5 Å². The number of aliphatic imine (C=N–C) groups is 2. The molecule has 0 atom stereocenters. The van der Waals surface area contributed by atoms with Crippen molar-refractivity contribution in [3.8, 4) is 0 Å². The summed E-state index contributed by atoms with van der Waals surface area (Å²) >= 11 is 0. The van der Waals surface area contributed by atoms with Gasteiger partial charge in [0.1, 0.15) is 11.5 Å². The third-order valence-corrected chi connectivity index (χ3v) is 3.16. The number of carbonyl (C=O) groups is 1. The fraction of sp³-hybridized carbons (Fsp3) is 0.267. The predicted molar refractivity (Wildman–Crippen MR) is 78.1 cm³/mol. The van der Waals surface area contributed by atoms with Crippen LogP contribution in [0.4, 0.5) is 5.69 Å². The van der Waals surface area contributed by atoms with Gasteiger partial charge < -0.3 is 5.32 Å². The van der Waals surface area contributed by atoms with Crippen LogP contribution in [0.3, 0.4) is 0 Å². The zero-order chi connectivity index (χ0) is 14.2. The normalized spacial score (nSPS) is 17.5. The molecule has 0 fully saturated rings. The van der Waals surface area contributed by atoms with E-state index < -0.39 is 0 Å². The van der Waals surface area contributed by atoms with Crippen molar-refractivity contribution < 1.29 is 4.79 Å². The zero-order valence-corrected chi connectivity index (χ0v) is 11.7. The predicted octanol–water partition coefficient (Wildman–Crippen LogP) is 2.75. The van der Waals surface area contributed by atoms with Gasteiger partial charge >= 0.3 is 0 Å². The highest BCUT2D eigenvalue weighted by molar-refractivity contribution is 6.67. The van der Waals surface area contributed by atoms with E-state index in [2.05, 4.69) is 34.9 Å². The molecule has 1 aromatic rings. The van der Waals surface area contributed by atoms with Gasteiger partial charge in [-0.2, -0.15) is 0 Å². The van der Waals surface area contributed by atoms with Gasteiger partial charge in [-0.1, -0.05) is 12.6 Å². The van der Waals surface area contributed by atoms with Crippen molar-refractivity contribution in [3.05, 3.63) is 41.2 Å². The Kier molecular flexibility index (Phi) is 3.34. The van der Waals surface area contributed by atoms with Crippen molar-refractivity contribution in [2.24, 2.45) is 9.98 Å². The quantitative estimate of drug-likeness (QED) is 0.824. The van der Waals surface area contributed by atoms with Gasteiger partial charge in [0.15, 0.2) is 0 Å². The lowest BCUT2D eigenvalue weighted by Crippen LogP contribution is -2.38. The van der Waals surface area contributed by atoms with Crippen LogP contribution in [0.1, 0.15) is 23.6 Å². The molecule has 98 valence electrons. The summed E-state index contributed by atoms with van der Waals surface area (Å²) in [7, 11) is 0. The molecule has 0 aliphatic carbocycles. The Morgan fingerprint density at radius 1 is 1.11 bits per heavy atom. The maximum atomic E-state index is 11.9. The average molecular weight is 255 g/mol. The fourth-order valence-electron chi connectivity index (χ4n) is 1.96. The molecular weight excluding hydrogens is 238 g/mol. The van der Waals surface area contributed by atoms with Crippen molar-refractivity contribution in [2.75, 3.05) is 0 Å². The minimum atomic E-state index is -0.255. The highest BCUT2D eigenvalue weighted by Crippen LogP contribution is 2.23. The molecule has 0 saturated carbocycles.